The van der Waals surface area contributed by atoms with Crippen LogP contribution < -0.4 is 16.2 Å². The van der Waals surface area contributed by atoms with Gasteiger partial charge in [0.25, 0.3) is 17.4 Å². The number of aromatic nitrogens is 2. The fourth-order valence-corrected chi connectivity index (χ4v) is 7.85. The number of imide groups is 1. The molecule has 4 aliphatic rings. The van der Waals surface area contributed by atoms with Gasteiger partial charge >= 0.3 is 5.97 Å². The first kappa shape index (κ1) is 36.3. The number of hydrogen-bond donors (Lipinski definition) is 3. The molecular formula is C39H42FN5O8. The zero-order valence-electron chi connectivity index (χ0n) is 29.8. The smallest absolute Gasteiger partial charge is 0.343 e. The maximum Gasteiger partial charge on any atom is 0.343 e. The number of nitrogens with zero attached hydrogens (tertiary/aromatic N) is 3. The third-order valence-electron chi connectivity index (χ3n) is 10.7. The van der Waals surface area contributed by atoms with Crippen molar-refractivity contribution in [3.8, 4) is 11.4 Å². The van der Waals surface area contributed by atoms with Crippen LogP contribution in [0.3, 0.4) is 0 Å². The number of carbonyl (C=O) groups is 4. The Labute approximate surface area is 304 Å². The molecule has 0 radical (unpaired) electrons. The van der Waals surface area contributed by atoms with Gasteiger partial charge in [-0.1, -0.05) is 25.5 Å². The van der Waals surface area contributed by atoms with Gasteiger partial charge in [0.15, 0.2) is 5.60 Å². The predicted octanol–water partition coefficient (Wildman–Crippen LogP) is 3.24. The molecule has 5 heterocycles. The van der Waals surface area contributed by atoms with Gasteiger partial charge in [0, 0.05) is 47.8 Å². The van der Waals surface area contributed by atoms with Crippen molar-refractivity contribution in [3.05, 3.63) is 86.0 Å². The minimum atomic E-state index is -1.98. The molecule has 0 bridgehead atoms. The highest BCUT2D eigenvalue weighted by Gasteiger charge is 2.46. The van der Waals surface area contributed by atoms with Crippen LogP contribution in [0.1, 0.15) is 84.9 Å². The Morgan fingerprint density at radius 1 is 1.11 bits per heavy atom. The topological polar surface area (TPSA) is 169 Å². The molecule has 0 saturated heterocycles. The van der Waals surface area contributed by atoms with Crippen LogP contribution in [0, 0.1) is 12.7 Å². The van der Waals surface area contributed by atoms with Gasteiger partial charge in [-0.2, -0.15) is 0 Å². The van der Waals surface area contributed by atoms with Crippen LogP contribution >= 0.6 is 0 Å². The molecule has 13 nitrogen and oxygen atoms in total. The van der Waals surface area contributed by atoms with Crippen LogP contribution in [-0.4, -0.2) is 69.7 Å². The number of aryl methyl sites for hydroxylation is 1. The summed E-state index contributed by atoms with van der Waals surface area (Å²) in [6.07, 6.45) is 11.1. The number of fused-ring (bicyclic) bond motifs is 5. The van der Waals surface area contributed by atoms with E-state index in [9.17, 15) is 29.1 Å². The van der Waals surface area contributed by atoms with Gasteiger partial charge in [-0.25, -0.2) is 14.2 Å². The highest BCUT2D eigenvalue weighted by molar-refractivity contribution is 6.12. The Morgan fingerprint density at radius 3 is 2.68 bits per heavy atom. The van der Waals surface area contributed by atoms with E-state index < -0.39 is 29.0 Å². The molecule has 0 fully saturated rings. The number of halogens is 1. The summed E-state index contributed by atoms with van der Waals surface area (Å²) >= 11 is 0. The summed E-state index contributed by atoms with van der Waals surface area (Å²) < 4.78 is 27.5. The van der Waals surface area contributed by atoms with E-state index >= 15 is 4.39 Å². The summed E-state index contributed by atoms with van der Waals surface area (Å²) in [5.41, 5.74) is 2.13. The molecule has 0 unspecified atom stereocenters. The second kappa shape index (κ2) is 14.8. The number of rotatable bonds is 14. The number of carbonyl (C=O) groups excluding carboxylic acids is 4. The van der Waals surface area contributed by atoms with E-state index in [0.29, 0.717) is 48.4 Å². The highest BCUT2D eigenvalue weighted by atomic mass is 19.1. The number of aliphatic hydroxyl groups is 1. The first-order chi connectivity index (χ1) is 25.5. The average Bonchev–Trinajstić information content (AvgIpc) is 3.68. The summed E-state index contributed by atoms with van der Waals surface area (Å²) in [5.74, 6) is -2.03. The maximum atomic E-state index is 15.2. The number of esters is 1. The Balaban J connectivity index is 0.991. The van der Waals surface area contributed by atoms with Crippen LogP contribution in [0.2, 0.25) is 0 Å². The van der Waals surface area contributed by atoms with Gasteiger partial charge in [0.2, 0.25) is 5.91 Å². The first-order valence-corrected chi connectivity index (χ1v) is 18.1. The number of ether oxygens (including phenoxy) is 2. The van der Waals surface area contributed by atoms with E-state index in [1.165, 1.54) is 23.1 Å². The normalized spacial score (nSPS) is 20.0. The second-order valence-corrected chi connectivity index (χ2v) is 13.9. The van der Waals surface area contributed by atoms with Crippen LogP contribution in [0.4, 0.5) is 4.39 Å². The lowest BCUT2D eigenvalue weighted by Crippen LogP contribution is -2.44. The van der Waals surface area contributed by atoms with Gasteiger partial charge in [0.1, 0.15) is 19.0 Å². The van der Waals surface area contributed by atoms with Crippen molar-refractivity contribution >= 4 is 34.6 Å². The molecular weight excluding hydrogens is 685 g/mol. The zero-order chi connectivity index (χ0) is 37.4. The largest absolute Gasteiger partial charge is 0.458 e. The van der Waals surface area contributed by atoms with Crippen LogP contribution in [0.25, 0.3) is 22.3 Å². The minimum Gasteiger partial charge on any atom is -0.458 e. The Bertz CT molecular complexity index is 2140. The van der Waals surface area contributed by atoms with Gasteiger partial charge in [0.05, 0.1) is 41.8 Å². The monoisotopic (exact) mass is 727 g/mol. The van der Waals surface area contributed by atoms with Crippen LogP contribution in [0.15, 0.2) is 41.2 Å². The quantitative estimate of drug-likeness (QED) is 0.0577. The number of unbranched alkanes of at least 4 members (excludes halogenated alkanes) is 3. The third-order valence-corrected chi connectivity index (χ3v) is 10.7. The van der Waals surface area contributed by atoms with Gasteiger partial charge in [-0.3, -0.25) is 29.4 Å². The van der Waals surface area contributed by atoms with Crippen molar-refractivity contribution in [2.24, 2.45) is 0 Å². The number of nitrogens with one attached hydrogen (secondary N) is 2. The van der Waals surface area contributed by atoms with Gasteiger partial charge < -0.3 is 24.5 Å². The second-order valence-electron chi connectivity index (χ2n) is 13.9. The number of allylic oxidation sites excluding steroid dienone is 1. The molecule has 1 aliphatic carbocycles. The Hall–Kier alpha value is -5.05. The highest BCUT2D eigenvalue weighted by Crippen LogP contribution is 2.46. The molecule has 3 aliphatic heterocycles. The molecule has 3 aromatic rings. The van der Waals surface area contributed by atoms with E-state index in [1.54, 1.807) is 24.5 Å². The van der Waals surface area contributed by atoms with Crippen LogP contribution in [0.5, 0.6) is 0 Å². The van der Waals surface area contributed by atoms with E-state index in [-0.39, 0.29) is 61.8 Å². The van der Waals surface area contributed by atoms with E-state index in [2.05, 4.69) is 16.7 Å². The fourth-order valence-electron chi connectivity index (χ4n) is 7.85. The number of amides is 3. The molecule has 3 N–H and O–H groups in total. The molecule has 1 aromatic carbocycles. The molecule has 2 atom stereocenters. The molecule has 0 saturated carbocycles. The zero-order valence-corrected chi connectivity index (χ0v) is 29.8. The number of benzene rings is 1. The lowest BCUT2D eigenvalue weighted by atomic mass is 9.81. The molecule has 3 amide bonds. The van der Waals surface area contributed by atoms with E-state index in [0.717, 1.165) is 47.8 Å². The van der Waals surface area contributed by atoms with E-state index in [4.69, 9.17) is 14.5 Å². The SMILES string of the molecule is CC[C@@]1(O)C(=O)OCc2c1cc1n(c2=O)Cc2c-1nc1cc(F)c(C)c3c1c2[C@@H](NC(=O)COCNCC=CCCCCCN1C(=O)C=CC1=O)CC3. The molecule has 53 heavy (non-hydrogen) atoms. The maximum absolute atomic E-state index is 15.2. The van der Waals surface area contributed by atoms with E-state index in [1.807, 2.05) is 6.08 Å². The first-order valence-electron chi connectivity index (χ1n) is 18.1. The summed E-state index contributed by atoms with van der Waals surface area (Å²) in [6.45, 7) is 4.23. The van der Waals surface area contributed by atoms with Crippen molar-refractivity contribution in [3.63, 3.8) is 0 Å². The third kappa shape index (κ3) is 6.59. The summed E-state index contributed by atoms with van der Waals surface area (Å²) in [5, 5.41) is 18.3. The summed E-state index contributed by atoms with van der Waals surface area (Å²) in [6, 6.07) is 2.55. The van der Waals surface area contributed by atoms with Gasteiger partial charge in [-0.15, -0.1) is 0 Å². The van der Waals surface area contributed by atoms with Gasteiger partial charge in [-0.05, 0) is 68.2 Å². The Kier molecular flexibility index (Phi) is 10.1. The molecule has 0 spiro atoms. The van der Waals surface area contributed by atoms with Crippen molar-refractivity contribution in [1.82, 2.24) is 25.1 Å². The average molecular weight is 728 g/mol. The van der Waals surface area contributed by atoms with Crippen molar-refractivity contribution in [2.75, 3.05) is 26.4 Å². The van der Waals surface area contributed by atoms with Crippen LogP contribution in [-0.2, 0) is 53.8 Å². The van der Waals surface area contributed by atoms with Crippen molar-refractivity contribution < 1.29 is 38.1 Å². The lowest BCUT2D eigenvalue weighted by molar-refractivity contribution is -0.172. The Morgan fingerprint density at radius 2 is 1.91 bits per heavy atom. The number of pyridine rings is 2. The lowest BCUT2D eigenvalue weighted by Gasteiger charge is -2.31. The molecule has 7 rings (SSSR count). The minimum absolute atomic E-state index is 0.00984. The number of cyclic esters (lactones) is 1. The van der Waals surface area contributed by atoms with Crippen molar-refractivity contribution in [1.29, 1.82) is 0 Å². The summed E-state index contributed by atoms with van der Waals surface area (Å²) in [7, 11) is 0. The standard InChI is InChI=1S/C39H42FN5O8/c1-3-39(51)26-16-30-36-24(18-45(30)37(49)25(26)19-53-38(39)50)35-28(11-10-23-22(2)27(40)17-29(43-36)34(23)35)42-31(46)20-52-21-41-14-8-6-4-5-7-9-15-44-32(47)12-13-33(44)48/h6,8,12-13,16-17,28,41,51H,3-5,7,9-11,14-15,18-21H2,1-2H3,(H,42,46)/t28-,39-/m0/s1. The number of hydrogen-bond acceptors (Lipinski definition) is 10. The fraction of sp³-hybridized carbons (Fsp3) is 0.436. The molecule has 14 heteroatoms. The predicted molar refractivity (Wildman–Crippen MR) is 191 cm³/mol. The molecule has 2 aromatic heterocycles. The summed E-state index contributed by atoms with van der Waals surface area (Å²) in [4.78, 5) is 69.0. The van der Waals surface area contributed by atoms with Crippen molar-refractivity contribution in [2.45, 2.75) is 83.6 Å². The molecule has 278 valence electrons.